The maximum atomic E-state index is 13.3. The second-order valence-corrected chi connectivity index (χ2v) is 7.14. The second kappa shape index (κ2) is 8.82. The molecule has 1 aromatic carbocycles. The first-order chi connectivity index (χ1) is 14.1. The summed E-state index contributed by atoms with van der Waals surface area (Å²) in [6.07, 6.45) is -0.555. The standard InChI is InChI=1S/C19H15BrF4N4O2/c1-27(10-16-25-7-8-28(16)11-19(22,23)24)18(29)13-3-2-6-26-17(13)30-15-5-4-12(21)9-14(15)20/h2-9H,10-11H2,1H3. The number of hydrogen-bond acceptors (Lipinski definition) is 4. The molecule has 0 atom stereocenters. The smallest absolute Gasteiger partial charge is 0.406 e. The van der Waals surface area contributed by atoms with Gasteiger partial charge in [-0.2, -0.15) is 13.2 Å². The second-order valence-electron chi connectivity index (χ2n) is 6.28. The first-order valence-electron chi connectivity index (χ1n) is 8.54. The van der Waals surface area contributed by atoms with Gasteiger partial charge >= 0.3 is 6.18 Å². The van der Waals surface area contributed by atoms with Crippen molar-refractivity contribution in [3.63, 3.8) is 0 Å². The van der Waals surface area contributed by atoms with E-state index in [1.54, 1.807) is 0 Å². The van der Waals surface area contributed by atoms with Gasteiger partial charge < -0.3 is 14.2 Å². The lowest BCUT2D eigenvalue weighted by molar-refractivity contribution is -0.141. The largest absolute Gasteiger partial charge is 0.437 e. The van der Waals surface area contributed by atoms with Crippen LogP contribution >= 0.6 is 15.9 Å². The summed E-state index contributed by atoms with van der Waals surface area (Å²) >= 11 is 3.18. The molecule has 0 bridgehead atoms. The van der Waals surface area contributed by atoms with Gasteiger partial charge in [0.25, 0.3) is 5.91 Å². The zero-order valence-corrected chi connectivity index (χ0v) is 17.1. The third-order valence-electron chi connectivity index (χ3n) is 3.98. The lowest BCUT2D eigenvalue weighted by Gasteiger charge is -2.19. The van der Waals surface area contributed by atoms with Crippen molar-refractivity contribution in [3.8, 4) is 11.6 Å². The average molecular weight is 487 g/mol. The molecule has 158 valence electrons. The Morgan fingerprint density at radius 2 is 2.00 bits per heavy atom. The van der Waals surface area contributed by atoms with Crippen molar-refractivity contribution in [2.45, 2.75) is 19.3 Å². The van der Waals surface area contributed by atoms with E-state index < -0.39 is 24.4 Å². The van der Waals surface area contributed by atoms with Gasteiger partial charge in [-0.05, 0) is 46.3 Å². The number of imidazole rings is 1. The topological polar surface area (TPSA) is 60.2 Å². The Bertz CT molecular complexity index is 1060. The first kappa shape index (κ1) is 21.8. The van der Waals surface area contributed by atoms with Crippen molar-refractivity contribution in [3.05, 3.63) is 70.6 Å². The van der Waals surface area contributed by atoms with Crippen LogP contribution < -0.4 is 4.74 Å². The van der Waals surface area contributed by atoms with E-state index >= 15 is 0 Å². The van der Waals surface area contributed by atoms with Gasteiger partial charge in [0, 0.05) is 25.6 Å². The number of aromatic nitrogens is 3. The number of carbonyl (C=O) groups is 1. The molecule has 6 nitrogen and oxygen atoms in total. The van der Waals surface area contributed by atoms with Crippen LogP contribution in [-0.2, 0) is 13.1 Å². The van der Waals surface area contributed by atoms with Gasteiger partial charge in [0.05, 0.1) is 11.0 Å². The molecule has 3 aromatic rings. The summed E-state index contributed by atoms with van der Waals surface area (Å²) in [5.74, 6) is -0.706. The zero-order valence-electron chi connectivity index (χ0n) is 15.5. The summed E-state index contributed by atoms with van der Waals surface area (Å²) in [6, 6.07) is 6.77. The minimum atomic E-state index is -4.41. The highest BCUT2D eigenvalue weighted by Gasteiger charge is 2.29. The number of rotatable bonds is 6. The fourth-order valence-corrected chi connectivity index (χ4v) is 3.05. The van der Waals surface area contributed by atoms with Crippen LogP contribution in [0.25, 0.3) is 0 Å². The predicted molar refractivity (Wildman–Crippen MR) is 102 cm³/mol. The van der Waals surface area contributed by atoms with E-state index in [9.17, 15) is 22.4 Å². The minimum absolute atomic E-state index is 0.0275. The molecular formula is C19H15BrF4N4O2. The first-order valence-corrected chi connectivity index (χ1v) is 9.33. The van der Waals surface area contributed by atoms with Crippen LogP contribution in [-0.4, -0.2) is 38.6 Å². The Morgan fingerprint density at radius 1 is 1.23 bits per heavy atom. The van der Waals surface area contributed by atoms with Crippen molar-refractivity contribution in [1.29, 1.82) is 0 Å². The summed E-state index contributed by atoms with van der Waals surface area (Å²) in [5.41, 5.74) is 0.0881. The fraction of sp³-hybridized carbons (Fsp3) is 0.211. The monoisotopic (exact) mass is 486 g/mol. The van der Waals surface area contributed by atoms with Gasteiger partial charge in [0.2, 0.25) is 5.88 Å². The van der Waals surface area contributed by atoms with Gasteiger partial charge in [-0.25, -0.2) is 14.4 Å². The van der Waals surface area contributed by atoms with Crippen LogP contribution in [0.15, 0.2) is 53.4 Å². The number of alkyl halides is 3. The van der Waals surface area contributed by atoms with Crippen LogP contribution in [0.4, 0.5) is 17.6 Å². The Hall–Kier alpha value is -2.95. The molecule has 3 rings (SSSR count). The molecule has 30 heavy (non-hydrogen) atoms. The lowest BCUT2D eigenvalue weighted by Crippen LogP contribution is -2.29. The van der Waals surface area contributed by atoms with Crippen molar-refractivity contribution in [2.75, 3.05) is 7.05 Å². The summed E-state index contributed by atoms with van der Waals surface area (Å²) in [7, 11) is 1.43. The van der Waals surface area contributed by atoms with E-state index in [0.29, 0.717) is 4.47 Å². The molecule has 0 fully saturated rings. The molecule has 0 N–H and O–H groups in total. The van der Waals surface area contributed by atoms with Gasteiger partial charge in [0.1, 0.15) is 29.5 Å². The molecule has 11 heteroatoms. The predicted octanol–water partition coefficient (Wildman–Crippen LogP) is 4.81. The quantitative estimate of drug-likeness (QED) is 0.469. The van der Waals surface area contributed by atoms with Gasteiger partial charge in [-0.1, -0.05) is 0 Å². The van der Waals surface area contributed by atoms with Crippen LogP contribution in [0, 0.1) is 5.82 Å². The fourth-order valence-electron chi connectivity index (χ4n) is 2.62. The molecule has 2 aromatic heterocycles. The number of benzene rings is 1. The molecule has 2 heterocycles. The summed E-state index contributed by atoms with van der Waals surface area (Å²) in [5, 5.41) is 0. The molecule has 0 aliphatic heterocycles. The van der Waals surface area contributed by atoms with Gasteiger partial charge in [-0.3, -0.25) is 4.79 Å². The average Bonchev–Trinajstić information content (AvgIpc) is 3.08. The Morgan fingerprint density at radius 3 is 2.70 bits per heavy atom. The molecule has 0 aliphatic rings. The molecular weight excluding hydrogens is 472 g/mol. The number of nitrogens with zero attached hydrogens (tertiary/aromatic N) is 4. The highest BCUT2D eigenvalue weighted by molar-refractivity contribution is 9.10. The minimum Gasteiger partial charge on any atom is -0.437 e. The summed E-state index contributed by atoms with van der Waals surface area (Å²) < 4.78 is 58.3. The van der Waals surface area contributed by atoms with Crippen molar-refractivity contribution in [1.82, 2.24) is 19.4 Å². The number of hydrogen-bond donors (Lipinski definition) is 0. The Labute approximate surface area is 177 Å². The van der Waals surface area contributed by atoms with Crippen LogP contribution in [0.3, 0.4) is 0 Å². The Kier molecular flexibility index (Phi) is 6.40. The van der Waals surface area contributed by atoms with Crippen LogP contribution in [0.1, 0.15) is 16.2 Å². The molecule has 0 spiro atoms. The molecule has 0 radical (unpaired) electrons. The number of amides is 1. The molecule has 0 saturated heterocycles. The summed E-state index contributed by atoms with van der Waals surface area (Å²) in [6.45, 7) is -1.36. The van der Waals surface area contributed by atoms with Crippen LogP contribution in [0.2, 0.25) is 0 Å². The number of carbonyl (C=O) groups excluding carboxylic acids is 1. The van der Waals surface area contributed by atoms with E-state index in [2.05, 4.69) is 25.9 Å². The zero-order chi connectivity index (χ0) is 21.9. The van der Waals surface area contributed by atoms with E-state index in [-0.39, 0.29) is 29.6 Å². The third kappa shape index (κ3) is 5.35. The van der Waals surface area contributed by atoms with Crippen molar-refractivity contribution >= 4 is 21.8 Å². The van der Waals surface area contributed by atoms with Crippen molar-refractivity contribution < 1.29 is 27.1 Å². The highest BCUT2D eigenvalue weighted by Crippen LogP contribution is 2.31. The highest BCUT2D eigenvalue weighted by atomic mass is 79.9. The SMILES string of the molecule is CN(Cc1nccn1CC(F)(F)F)C(=O)c1cccnc1Oc1ccc(F)cc1Br. The molecule has 1 amide bonds. The Balaban J connectivity index is 1.80. The van der Waals surface area contributed by atoms with E-state index in [1.807, 2.05) is 0 Å². The van der Waals surface area contributed by atoms with E-state index in [4.69, 9.17) is 4.74 Å². The number of halogens is 5. The summed E-state index contributed by atoms with van der Waals surface area (Å²) in [4.78, 5) is 22.1. The normalized spacial score (nSPS) is 11.4. The molecule has 0 unspecified atom stereocenters. The van der Waals surface area contributed by atoms with Gasteiger partial charge in [-0.15, -0.1) is 0 Å². The van der Waals surface area contributed by atoms with Crippen molar-refractivity contribution in [2.24, 2.45) is 0 Å². The lowest BCUT2D eigenvalue weighted by atomic mass is 10.2. The third-order valence-corrected chi connectivity index (χ3v) is 4.60. The number of ether oxygens (including phenoxy) is 1. The molecule has 0 aliphatic carbocycles. The maximum absolute atomic E-state index is 13.3. The molecule has 0 saturated carbocycles. The van der Waals surface area contributed by atoms with E-state index in [0.717, 1.165) is 4.57 Å². The maximum Gasteiger partial charge on any atom is 0.406 e. The van der Waals surface area contributed by atoms with Gasteiger partial charge in [0.15, 0.2) is 0 Å². The number of pyridine rings is 1. The van der Waals surface area contributed by atoms with Crippen LogP contribution in [0.5, 0.6) is 11.6 Å². The van der Waals surface area contributed by atoms with E-state index in [1.165, 1.54) is 60.9 Å².